The maximum absolute atomic E-state index is 12.6. The Bertz CT molecular complexity index is 997. The van der Waals surface area contributed by atoms with E-state index in [-0.39, 0.29) is 18.1 Å². The van der Waals surface area contributed by atoms with E-state index in [0.29, 0.717) is 22.6 Å². The number of ether oxygens (including phenoxy) is 1. The molecular formula is C20H22N6O2. The zero-order valence-corrected chi connectivity index (χ0v) is 15.8. The number of carbonyl (C=O) groups is 1. The lowest BCUT2D eigenvalue weighted by molar-refractivity contribution is -0.00545. The minimum absolute atomic E-state index is 0.163. The van der Waals surface area contributed by atoms with Gasteiger partial charge in [-0.3, -0.25) is 4.79 Å². The molecule has 28 heavy (non-hydrogen) atoms. The largest absolute Gasteiger partial charge is 0.383 e. The minimum Gasteiger partial charge on any atom is -0.383 e. The monoisotopic (exact) mass is 378 g/mol. The Labute approximate surface area is 162 Å². The van der Waals surface area contributed by atoms with E-state index in [1.54, 1.807) is 24.4 Å². The molecule has 0 aliphatic carbocycles. The van der Waals surface area contributed by atoms with Gasteiger partial charge in [-0.25, -0.2) is 15.0 Å². The highest BCUT2D eigenvalue weighted by Gasteiger charge is 2.23. The van der Waals surface area contributed by atoms with E-state index in [1.807, 2.05) is 12.1 Å². The number of hydrogen-bond donors (Lipinski definition) is 2. The second-order valence-electron chi connectivity index (χ2n) is 7.01. The standard InChI is InChI=1S/C20H22N6O2/c1-12-9-26(10-13(2)28-12)18-6-4-15(8-22-18)25-20(27)14-3-5-16-17(7-14)23-11-24-19(16)21/h3-8,11-13H,9-10H2,1-2H3,(H,25,27)(H2,21,23,24). The number of amides is 1. The van der Waals surface area contributed by atoms with Crippen molar-refractivity contribution in [3.05, 3.63) is 48.4 Å². The summed E-state index contributed by atoms with van der Waals surface area (Å²) in [5.74, 6) is 1.03. The van der Waals surface area contributed by atoms with Crippen LogP contribution in [0.2, 0.25) is 0 Å². The zero-order valence-electron chi connectivity index (χ0n) is 15.8. The molecule has 3 N–H and O–H groups in total. The number of benzene rings is 1. The van der Waals surface area contributed by atoms with Gasteiger partial charge in [-0.2, -0.15) is 0 Å². The third kappa shape index (κ3) is 3.72. The zero-order chi connectivity index (χ0) is 19.7. The Balaban J connectivity index is 1.47. The maximum Gasteiger partial charge on any atom is 0.255 e. The van der Waals surface area contributed by atoms with Gasteiger partial charge in [-0.05, 0) is 44.2 Å². The van der Waals surface area contributed by atoms with Gasteiger partial charge < -0.3 is 20.7 Å². The Hall–Kier alpha value is -3.26. The van der Waals surface area contributed by atoms with Crippen molar-refractivity contribution in [3.8, 4) is 0 Å². The molecule has 1 amide bonds. The number of nitrogens with two attached hydrogens (primary N) is 1. The summed E-state index contributed by atoms with van der Waals surface area (Å²) in [6.45, 7) is 5.70. The second-order valence-corrected chi connectivity index (χ2v) is 7.01. The molecule has 0 saturated carbocycles. The molecule has 144 valence electrons. The quantitative estimate of drug-likeness (QED) is 0.721. The number of fused-ring (bicyclic) bond motifs is 1. The van der Waals surface area contributed by atoms with Gasteiger partial charge >= 0.3 is 0 Å². The molecule has 0 bridgehead atoms. The number of hydrogen-bond acceptors (Lipinski definition) is 7. The summed E-state index contributed by atoms with van der Waals surface area (Å²) in [6.07, 6.45) is 3.38. The van der Waals surface area contributed by atoms with Crippen LogP contribution >= 0.6 is 0 Å². The molecule has 2 aromatic heterocycles. The number of nitrogen functional groups attached to an aromatic ring is 1. The molecule has 1 aliphatic rings. The summed E-state index contributed by atoms with van der Waals surface area (Å²) in [5, 5.41) is 3.59. The Kier molecular flexibility index (Phi) is 4.79. The maximum atomic E-state index is 12.6. The smallest absolute Gasteiger partial charge is 0.255 e. The molecule has 1 fully saturated rings. The number of pyridine rings is 1. The number of nitrogens with zero attached hydrogens (tertiary/aromatic N) is 4. The molecule has 0 radical (unpaired) electrons. The molecule has 8 nitrogen and oxygen atoms in total. The van der Waals surface area contributed by atoms with Crippen LogP contribution in [-0.2, 0) is 4.74 Å². The first-order valence-electron chi connectivity index (χ1n) is 9.17. The summed E-state index contributed by atoms with van der Waals surface area (Å²) >= 11 is 0. The van der Waals surface area contributed by atoms with E-state index in [4.69, 9.17) is 10.5 Å². The lowest BCUT2D eigenvalue weighted by Gasteiger charge is -2.36. The average molecular weight is 378 g/mol. The van der Waals surface area contributed by atoms with Crippen LogP contribution in [0.5, 0.6) is 0 Å². The molecule has 3 aromatic rings. The Morgan fingerprint density at radius 3 is 2.64 bits per heavy atom. The van der Waals surface area contributed by atoms with Crippen molar-refractivity contribution in [2.75, 3.05) is 29.0 Å². The van der Waals surface area contributed by atoms with Crippen molar-refractivity contribution in [2.45, 2.75) is 26.1 Å². The van der Waals surface area contributed by atoms with Gasteiger partial charge in [0.2, 0.25) is 0 Å². The molecule has 3 heterocycles. The van der Waals surface area contributed by atoms with Crippen molar-refractivity contribution in [3.63, 3.8) is 0 Å². The van der Waals surface area contributed by atoms with Gasteiger partial charge in [0.15, 0.2) is 0 Å². The lowest BCUT2D eigenvalue weighted by atomic mass is 10.1. The van der Waals surface area contributed by atoms with Gasteiger partial charge in [-0.15, -0.1) is 0 Å². The molecule has 1 aliphatic heterocycles. The molecule has 8 heteroatoms. The van der Waals surface area contributed by atoms with Crippen LogP contribution in [0.15, 0.2) is 42.9 Å². The molecule has 2 atom stereocenters. The molecule has 0 spiro atoms. The first-order chi connectivity index (χ1) is 13.5. The molecule has 1 saturated heterocycles. The number of morpholine rings is 1. The van der Waals surface area contributed by atoms with Gasteiger partial charge in [-0.1, -0.05) is 0 Å². The second kappa shape index (κ2) is 7.40. The number of nitrogens with one attached hydrogen (secondary N) is 1. The van der Waals surface area contributed by atoms with Crippen molar-refractivity contribution in [1.29, 1.82) is 0 Å². The van der Waals surface area contributed by atoms with E-state index in [9.17, 15) is 4.79 Å². The van der Waals surface area contributed by atoms with E-state index in [0.717, 1.165) is 24.3 Å². The fourth-order valence-corrected chi connectivity index (χ4v) is 3.43. The SMILES string of the molecule is CC1CN(c2ccc(NC(=O)c3ccc4c(N)ncnc4c3)cn2)CC(C)O1. The minimum atomic E-state index is -0.234. The van der Waals surface area contributed by atoms with Crippen LogP contribution in [0.25, 0.3) is 10.9 Å². The van der Waals surface area contributed by atoms with Gasteiger partial charge in [0.25, 0.3) is 5.91 Å². The number of carbonyl (C=O) groups excluding carboxylic acids is 1. The highest BCUT2D eigenvalue weighted by molar-refractivity contribution is 6.06. The predicted molar refractivity (Wildman–Crippen MR) is 108 cm³/mol. The van der Waals surface area contributed by atoms with Crippen molar-refractivity contribution in [1.82, 2.24) is 15.0 Å². The van der Waals surface area contributed by atoms with Crippen LogP contribution in [-0.4, -0.2) is 46.2 Å². The van der Waals surface area contributed by atoms with Crippen LogP contribution in [0, 0.1) is 0 Å². The fraction of sp³-hybridized carbons (Fsp3) is 0.300. The van der Waals surface area contributed by atoms with E-state index in [2.05, 4.69) is 39.0 Å². The van der Waals surface area contributed by atoms with Crippen molar-refractivity contribution in [2.24, 2.45) is 0 Å². The topological polar surface area (TPSA) is 106 Å². The summed E-state index contributed by atoms with van der Waals surface area (Å²) in [7, 11) is 0. The van der Waals surface area contributed by atoms with Gasteiger partial charge in [0.05, 0.1) is 29.6 Å². The van der Waals surface area contributed by atoms with Crippen LogP contribution in [0.4, 0.5) is 17.3 Å². The lowest BCUT2D eigenvalue weighted by Crippen LogP contribution is -2.45. The highest BCUT2D eigenvalue weighted by Crippen LogP contribution is 2.21. The number of rotatable bonds is 3. The van der Waals surface area contributed by atoms with Crippen molar-refractivity contribution < 1.29 is 9.53 Å². The third-order valence-corrected chi connectivity index (χ3v) is 4.68. The molecule has 1 aromatic carbocycles. The average Bonchev–Trinajstić information content (AvgIpc) is 2.68. The Morgan fingerprint density at radius 2 is 1.93 bits per heavy atom. The van der Waals surface area contributed by atoms with E-state index in [1.165, 1.54) is 6.33 Å². The highest BCUT2D eigenvalue weighted by atomic mass is 16.5. The first kappa shape index (κ1) is 18.1. The van der Waals surface area contributed by atoms with Gasteiger partial charge in [0.1, 0.15) is 18.0 Å². The van der Waals surface area contributed by atoms with Crippen LogP contribution in [0.1, 0.15) is 24.2 Å². The normalized spacial score (nSPS) is 19.6. The van der Waals surface area contributed by atoms with Crippen LogP contribution in [0.3, 0.4) is 0 Å². The molecule has 2 unspecified atom stereocenters. The summed E-state index contributed by atoms with van der Waals surface area (Å²) in [6, 6.07) is 8.92. The fourth-order valence-electron chi connectivity index (χ4n) is 3.43. The summed E-state index contributed by atoms with van der Waals surface area (Å²) in [4.78, 5) is 27.4. The third-order valence-electron chi connectivity index (χ3n) is 4.68. The molecule has 4 rings (SSSR count). The Morgan fingerprint density at radius 1 is 1.14 bits per heavy atom. The van der Waals surface area contributed by atoms with E-state index < -0.39 is 0 Å². The van der Waals surface area contributed by atoms with Gasteiger partial charge in [0, 0.05) is 24.0 Å². The van der Waals surface area contributed by atoms with Crippen molar-refractivity contribution >= 4 is 34.1 Å². The summed E-state index contributed by atoms with van der Waals surface area (Å²) in [5.41, 5.74) is 7.58. The number of aromatic nitrogens is 3. The van der Waals surface area contributed by atoms with Crippen LogP contribution < -0.4 is 16.0 Å². The first-order valence-corrected chi connectivity index (χ1v) is 9.17. The van der Waals surface area contributed by atoms with E-state index >= 15 is 0 Å². The predicted octanol–water partition coefficient (Wildman–Crippen LogP) is 2.47. The number of anilines is 3. The summed E-state index contributed by atoms with van der Waals surface area (Å²) < 4.78 is 5.76. The molecular weight excluding hydrogens is 356 g/mol.